The van der Waals surface area contributed by atoms with Crippen LogP contribution in [0.4, 0.5) is 0 Å². The fraction of sp³-hybridized carbons (Fsp3) is 0.412. The highest BCUT2D eigenvalue weighted by atomic mass is 16.5. The monoisotopic (exact) mass is 318 g/mol. The quantitative estimate of drug-likeness (QED) is 0.753. The molecular weight excluding hydrogens is 296 g/mol. The molecule has 6 nitrogen and oxygen atoms in total. The molecule has 0 radical (unpaired) electrons. The van der Waals surface area contributed by atoms with Crippen LogP contribution < -0.4 is 5.32 Å². The molecule has 0 aromatic carbocycles. The predicted octanol–water partition coefficient (Wildman–Crippen LogP) is 0.998. The molecule has 1 fully saturated rings. The van der Waals surface area contributed by atoms with E-state index in [-0.39, 0.29) is 12.5 Å². The van der Waals surface area contributed by atoms with Crippen molar-refractivity contribution in [2.24, 2.45) is 0 Å². The van der Waals surface area contributed by atoms with Crippen LogP contribution in [0.3, 0.4) is 0 Å². The molecule has 1 saturated heterocycles. The third-order valence-corrected chi connectivity index (χ3v) is 3.74. The standard InChI is InChI=1S/C17H22N2O4/c1-3-5-13-11(4-2)8-12(9-18-13)17(22)19-10-15-16(21)14(20)6-7-23-15/h3-5,8-9,14-16,20-21H,2,6-7,10H2,1H3,(H,19,22)/b5-3-. The molecule has 0 spiro atoms. The molecule has 0 bridgehead atoms. The molecule has 1 aromatic rings. The lowest BCUT2D eigenvalue weighted by Crippen LogP contribution is -2.49. The molecule has 3 atom stereocenters. The molecule has 6 heteroatoms. The second-order valence-corrected chi connectivity index (χ2v) is 5.37. The fourth-order valence-corrected chi connectivity index (χ4v) is 2.41. The number of aliphatic hydroxyl groups is 2. The molecule has 124 valence electrons. The lowest BCUT2D eigenvalue weighted by molar-refractivity contribution is -0.132. The van der Waals surface area contributed by atoms with E-state index in [9.17, 15) is 15.0 Å². The Hall–Kier alpha value is -2.02. The zero-order chi connectivity index (χ0) is 16.8. The first-order chi connectivity index (χ1) is 11.1. The third kappa shape index (κ3) is 4.25. The van der Waals surface area contributed by atoms with Gasteiger partial charge in [0.1, 0.15) is 12.2 Å². The second kappa shape index (κ2) is 8.01. The molecule has 1 amide bonds. The van der Waals surface area contributed by atoms with E-state index < -0.39 is 18.3 Å². The number of hydrogen-bond acceptors (Lipinski definition) is 5. The number of carbonyl (C=O) groups excluding carboxylic acids is 1. The summed E-state index contributed by atoms with van der Waals surface area (Å²) in [4.78, 5) is 16.5. The second-order valence-electron chi connectivity index (χ2n) is 5.37. The van der Waals surface area contributed by atoms with Crippen LogP contribution in [0.5, 0.6) is 0 Å². The minimum atomic E-state index is -0.997. The van der Waals surface area contributed by atoms with Crippen LogP contribution >= 0.6 is 0 Å². The number of hydrogen-bond donors (Lipinski definition) is 3. The van der Waals surface area contributed by atoms with Crippen molar-refractivity contribution in [3.63, 3.8) is 0 Å². The van der Waals surface area contributed by atoms with Crippen molar-refractivity contribution in [2.45, 2.75) is 31.7 Å². The number of nitrogens with zero attached hydrogens (tertiary/aromatic N) is 1. The first kappa shape index (κ1) is 17.3. The maximum Gasteiger partial charge on any atom is 0.252 e. The smallest absolute Gasteiger partial charge is 0.252 e. The van der Waals surface area contributed by atoms with E-state index in [2.05, 4.69) is 16.9 Å². The van der Waals surface area contributed by atoms with E-state index in [1.165, 1.54) is 6.20 Å². The summed E-state index contributed by atoms with van der Waals surface area (Å²) in [6, 6.07) is 1.71. The highest BCUT2D eigenvalue weighted by Gasteiger charge is 2.31. The lowest BCUT2D eigenvalue weighted by atomic mass is 10.0. The van der Waals surface area contributed by atoms with Crippen molar-refractivity contribution >= 4 is 18.1 Å². The first-order valence-electron chi connectivity index (χ1n) is 7.58. The predicted molar refractivity (Wildman–Crippen MR) is 87.7 cm³/mol. The van der Waals surface area contributed by atoms with Gasteiger partial charge in [-0.3, -0.25) is 9.78 Å². The van der Waals surface area contributed by atoms with Crippen LogP contribution in [0.2, 0.25) is 0 Å². The van der Waals surface area contributed by atoms with Gasteiger partial charge >= 0.3 is 0 Å². The summed E-state index contributed by atoms with van der Waals surface area (Å²) >= 11 is 0. The average Bonchev–Trinajstić information content (AvgIpc) is 2.56. The van der Waals surface area contributed by atoms with E-state index in [1.54, 1.807) is 12.1 Å². The van der Waals surface area contributed by atoms with Crippen molar-refractivity contribution in [1.29, 1.82) is 0 Å². The minimum absolute atomic E-state index is 0.122. The maximum absolute atomic E-state index is 12.2. The Kier molecular flexibility index (Phi) is 6.04. The Labute approximate surface area is 135 Å². The molecule has 1 aliphatic heterocycles. The Morgan fingerprint density at radius 3 is 3.04 bits per heavy atom. The van der Waals surface area contributed by atoms with Gasteiger partial charge in [-0.2, -0.15) is 0 Å². The summed E-state index contributed by atoms with van der Waals surface area (Å²) in [5.74, 6) is -0.316. The number of rotatable bonds is 5. The molecular formula is C17H22N2O4. The van der Waals surface area contributed by atoms with E-state index in [0.29, 0.717) is 18.6 Å². The molecule has 23 heavy (non-hydrogen) atoms. The topological polar surface area (TPSA) is 91.7 Å². The third-order valence-electron chi connectivity index (χ3n) is 3.74. The van der Waals surface area contributed by atoms with Gasteiger partial charge < -0.3 is 20.3 Å². The van der Waals surface area contributed by atoms with Gasteiger partial charge in [-0.05, 0) is 25.5 Å². The van der Waals surface area contributed by atoms with E-state index >= 15 is 0 Å². The SMILES string of the molecule is C=Cc1cc(C(=O)NCC2OCCC(O)C2O)cnc1/C=C\C. The molecule has 3 unspecified atom stereocenters. The van der Waals surface area contributed by atoms with Crippen molar-refractivity contribution in [1.82, 2.24) is 10.3 Å². The molecule has 1 aliphatic rings. The summed E-state index contributed by atoms with van der Waals surface area (Å²) in [5, 5.41) is 22.1. The van der Waals surface area contributed by atoms with Crippen molar-refractivity contribution in [3.05, 3.63) is 41.7 Å². The van der Waals surface area contributed by atoms with Gasteiger partial charge in [0.2, 0.25) is 0 Å². The van der Waals surface area contributed by atoms with Crippen molar-refractivity contribution in [2.75, 3.05) is 13.2 Å². The van der Waals surface area contributed by atoms with Crippen molar-refractivity contribution < 1.29 is 19.7 Å². The average molecular weight is 318 g/mol. The van der Waals surface area contributed by atoms with Gasteiger partial charge in [-0.15, -0.1) is 0 Å². The zero-order valence-electron chi connectivity index (χ0n) is 13.1. The van der Waals surface area contributed by atoms with E-state index in [0.717, 1.165) is 11.3 Å². The van der Waals surface area contributed by atoms with Gasteiger partial charge in [0.05, 0.1) is 17.4 Å². The normalized spacial score (nSPS) is 24.6. The number of carbonyl (C=O) groups is 1. The molecule has 0 saturated carbocycles. The lowest BCUT2D eigenvalue weighted by Gasteiger charge is -2.32. The van der Waals surface area contributed by atoms with E-state index in [4.69, 9.17) is 4.74 Å². The highest BCUT2D eigenvalue weighted by molar-refractivity contribution is 5.94. The molecule has 2 heterocycles. The maximum atomic E-state index is 12.2. The van der Waals surface area contributed by atoms with Crippen LogP contribution in [0.15, 0.2) is 24.9 Å². The number of amides is 1. The van der Waals surface area contributed by atoms with Crippen LogP contribution in [0, 0.1) is 0 Å². The summed E-state index contributed by atoms with van der Waals surface area (Å²) in [6.07, 6.45) is 4.80. The fourth-order valence-electron chi connectivity index (χ4n) is 2.41. The van der Waals surface area contributed by atoms with Gasteiger partial charge in [0, 0.05) is 24.9 Å². The summed E-state index contributed by atoms with van der Waals surface area (Å²) < 4.78 is 5.38. The Morgan fingerprint density at radius 1 is 1.57 bits per heavy atom. The number of nitrogens with one attached hydrogen (secondary N) is 1. The van der Waals surface area contributed by atoms with Crippen LogP contribution in [-0.2, 0) is 4.74 Å². The number of pyridine rings is 1. The summed E-state index contributed by atoms with van der Waals surface area (Å²) in [5.41, 5.74) is 1.91. The van der Waals surface area contributed by atoms with Crippen LogP contribution in [-0.4, -0.2) is 52.6 Å². The number of allylic oxidation sites excluding steroid dienone is 1. The van der Waals surface area contributed by atoms with Crippen LogP contribution in [0.1, 0.15) is 35.0 Å². The van der Waals surface area contributed by atoms with E-state index in [1.807, 2.05) is 19.1 Å². The number of ether oxygens (including phenoxy) is 1. The largest absolute Gasteiger partial charge is 0.390 e. The Morgan fingerprint density at radius 2 is 2.35 bits per heavy atom. The zero-order valence-corrected chi connectivity index (χ0v) is 13.1. The molecule has 1 aromatic heterocycles. The number of aliphatic hydroxyl groups excluding tert-OH is 2. The van der Waals surface area contributed by atoms with Gasteiger partial charge in [-0.25, -0.2) is 0 Å². The number of aromatic nitrogens is 1. The van der Waals surface area contributed by atoms with Gasteiger partial charge in [0.25, 0.3) is 5.91 Å². The molecule has 2 rings (SSSR count). The van der Waals surface area contributed by atoms with Gasteiger partial charge in [-0.1, -0.05) is 18.7 Å². The summed E-state index contributed by atoms with van der Waals surface area (Å²) in [6.45, 7) is 6.10. The molecule has 0 aliphatic carbocycles. The Bertz CT molecular complexity index is 600. The Balaban J connectivity index is 2.02. The van der Waals surface area contributed by atoms with Gasteiger partial charge in [0.15, 0.2) is 0 Å². The molecule has 3 N–H and O–H groups in total. The first-order valence-corrected chi connectivity index (χ1v) is 7.58. The van der Waals surface area contributed by atoms with Crippen molar-refractivity contribution in [3.8, 4) is 0 Å². The highest BCUT2D eigenvalue weighted by Crippen LogP contribution is 2.15. The minimum Gasteiger partial charge on any atom is -0.390 e. The van der Waals surface area contributed by atoms with Crippen LogP contribution in [0.25, 0.3) is 12.2 Å². The summed E-state index contributed by atoms with van der Waals surface area (Å²) in [7, 11) is 0.